The number of ether oxygens (including phenoxy) is 2. The molecule has 0 unspecified atom stereocenters. The minimum atomic E-state index is -0.340. The van der Waals surface area contributed by atoms with Gasteiger partial charge in [0.1, 0.15) is 0 Å². The second kappa shape index (κ2) is 7.60. The summed E-state index contributed by atoms with van der Waals surface area (Å²) in [6, 6.07) is 8.61. The molecule has 1 spiro atoms. The van der Waals surface area contributed by atoms with Crippen LogP contribution in [0.1, 0.15) is 38.2 Å². The average molecular weight is 334 g/mol. The quantitative estimate of drug-likeness (QED) is 0.852. The van der Waals surface area contributed by atoms with Crippen molar-refractivity contribution in [1.29, 1.82) is 0 Å². The number of likely N-dealkylation sites (tertiary alicyclic amines) is 1. The Balaban J connectivity index is 1.49. The van der Waals surface area contributed by atoms with E-state index in [9.17, 15) is 0 Å². The molecule has 0 amide bonds. The molecular weight excluding hydrogens is 308 g/mol. The average Bonchev–Trinajstić information content (AvgIpc) is 3.03. The monoisotopic (exact) mass is 334 g/mol. The lowest BCUT2D eigenvalue weighted by atomic mass is 10.0. The van der Waals surface area contributed by atoms with Crippen LogP contribution in [-0.2, 0) is 15.9 Å². The number of nitrogens with zero attached hydrogens (tertiary/aromatic N) is 1. The van der Waals surface area contributed by atoms with E-state index in [0.29, 0.717) is 13.2 Å². The molecule has 0 atom stereocenters. The van der Waals surface area contributed by atoms with E-state index in [-0.39, 0.29) is 5.79 Å². The molecule has 126 valence electrons. The molecule has 2 saturated heterocycles. The van der Waals surface area contributed by atoms with Gasteiger partial charge in [-0.15, -0.1) is 0 Å². The summed E-state index contributed by atoms with van der Waals surface area (Å²) in [5.74, 6) is -0.340. The molecule has 2 aliphatic heterocycles. The molecule has 5 heteroatoms. The van der Waals surface area contributed by atoms with E-state index in [1.54, 1.807) is 0 Å². The predicted molar refractivity (Wildman–Crippen MR) is 96.7 cm³/mol. The van der Waals surface area contributed by atoms with Crippen LogP contribution in [-0.4, -0.2) is 42.1 Å². The van der Waals surface area contributed by atoms with Crippen molar-refractivity contribution in [3.8, 4) is 0 Å². The lowest BCUT2D eigenvalue weighted by Gasteiger charge is -2.38. The van der Waals surface area contributed by atoms with Crippen molar-refractivity contribution in [3.63, 3.8) is 0 Å². The van der Waals surface area contributed by atoms with Gasteiger partial charge in [-0.2, -0.15) is 0 Å². The van der Waals surface area contributed by atoms with Crippen molar-refractivity contribution >= 4 is 23.0 Å². The molecule has 2 heterocycles. The smallest absolute Gasteiger partial charge is 0.173 e. The normalized spacial score (nSPS) is 20.0. The van der Waals surface area contributed by atoms with Crippen LogP contribution in [0, 0.1) is 0 Å². The largest absolute Gasteiger partial charge is 0.349 e. The van der Waals surface area contributed by atoms with Gasteiger partial charge >= 0.3 is 0 Å². The molecular formula is C18H26N2O2S. The molecule has 4 nitrogen and oxygen atoms in total. The molecule has 0 aliphatic carbocycles. The summed E-state index contributed by atoms with van der Waals surface area (Å²) in [6.07, 6.45) is 5.38. The number of aryl methyl sites for hydroxylation is 1. The molecule has 2 aliphatic rings. The van der Waals surface area contributed by atoms with Crippen LogP contribution in [0.15, 0.2) is 24.3 Å². The first-order valence-corrected chi connectivity index (χ1v) is 9.04. The highest BCUT2D eigenvalue weighted by Gasteiger charge is 2.40. The lowest BCUT2D eigenvalue weighted by molar-refractivity contribution is -0.180. The van der Waals surface area contributed by atoms with Gasteiger partial charge in [-0.1, -0.05) is 25.5 Å². The van der Waals surface area contributed by atoms with Gasteiger partial charge in [0.25, 0.3) is 0 Å². The van der Waals surface area contributed by atoms with Crippen LogP contribution in [0.4, 0.5) is 5.69 Å². The molecule has 1 N–H and O–H groups in total. The lowest BCUT2D eigenvalue weighted by Crippen LogP contribution is -2.48. The SMILES string of the molecule is CCCCc1ccc(NC(=S)N2CCC3(CC2)OCCO3)cc1. The Morgan fingerprint density at radius 3 is 2.43 bits per heavy atom. The third-order valence-electron chi connectivity index (χ3n) is 4.65. The molecule has 3 rings (SSSR count). The molecule has 0 bridgehead atoms. The first-order valence-electron chi connectivity index (χ1n) is 8.63. The molecule has 0 aromatic heterocycles. The zero-order chi connectivity index (χ0) is 16.1. The highest BCUT2D eigenvalue weighted by atomic mass is 32.1. The van der Waals surface area contributed by atoms with E-state index in [1.807, 2.05) is 0 Å². The van der Waals surface area contributed by atoms with E-state index < -0.39 is 0 Å². The molecule has 1 aromatic carbocycles. The number of thiocarbonyl (C=S) groups is 1. The summed E-state index contributed by atoms with van der Waals surface area (Å²) in [4.78, 5) is 2.20. The van der Waals surface area contributed by atoms with Crippen LogP contribution in [0.5, 0.6) is 0 Å². The molecule has 0 saturated carbocycles. The van der Waals surface area contributed by atoms with Gasteiger partial charge in [0, 0.05) is 31.6 Å². The standard InChI is InChI=1S/C18H26N2O2S/c1-2-3-4-15-5-7-16(8-6-15)19-17(23)20-11-9-18(10-12-20)21-13-14-22-18/h5-8H,2-4,9-14H2,1H3,(H,19,23). The van der Waals surface area contributed by atoms with Crippen molar-refractivity contribution in [2.24, 2.45) is 0 Å². The zero-order valence-corrected chi connectivity index (χ0v) is 14.7. The van der Waals surface area contributed by atoms with Crippen molar-refractivity contribution in [2.45, 2.75) is 44.8 Å². The summed E-state index contributed by atoms with van der Waals surface area (Å²) < 4.78 is 11.5. The fourth-order valence-corrected chi connectivity index (χ4v) is 3.47. The Hall–Kier alpha value is -1.17. The summed E-state index contributed by atoms with van der Waals surface area (Å²) in [6.45, 7) is 5.40. The number of hydrogen-bond acceptors (Lipinski definition) is 3. The molecule has 2 fully saturated rings. The summed E-state index contributed by atoms with van der Waals surface area (Å²) >= 11 is 5.56. The topological polar surface area (TPSA) is 33.7 Å². The first kappa shape index (κ1) is 16.7. The van der Waals surface area contributed by atoms with Crippen LogP contribution >= 0.6 is 12.2 Å². The van der Waals surface area contributed by atoms with Crippen LogP contribution < -0.4 is 5.32 Å². The van der Waals surface area contributed by atoms with Crippen LogP contribution in [0.25, 0.3) is 0 Å². The summed E-state index contributed by atoms with van der Waals surface area (Å²) in [5, 5.41) is 4.14. The van der Waals surface area contributed by atoms with Crippen molar-refractivity contribution < 1.29 is 9.47 Å². The zero-order valence-electron chi connectivity index (χ0n) is 13.8. The Labute approximate surface area is 144 Å². The molecule has 0 radical (unpaired) electrons. The van der Waals surface area contributed by atoms with Crippen molar-refractivity contribution in [2.75, 3.05) is 31.6 Å². The van der Waals surface area contributed by atoms with Crippen molar-refractivity contribution in [1.82, 2.24) is 4.90 Å². The van der Waals surface area contributed by atoms with Gasteiger partial charge in [0.2, 0.25) is 0 Å². The van der Waals surface area contributed by atoms with Gasteiger partial charge in [-0.3, -0.25) is 0 Å². The van der Waals surface area contributed by atoms with Gasteiger partial charge < -0.3 is 19.7 Å². The number of benzene rings is 1. The Kier molecular flexibility index (Phi) is 5.51. The first-order chi connectivity index (χ1) is 11.2. The Morgan fingerprint density at radius 2 is 1.83 bits per heavy atom. The van der Waals surface area contributed by atoms with E-state index in [2.05, 4.69) is 41.4 Å². The number of anilines is 1. The van der Waals surface area contributed by atoms with E-state index in [4.69, 9.17) is 21.7 Å². The maximum absolute atomic E-state index is 5.76. The van der Waals surface area contributed by atoms with Gasteiger partial charge in [0.05, 0.1) is 13.2 Å². The van der Waals surface area contributed by atoms with Gasteiger partial charge in [-0.25, -0.2) is 0 Å². The second-order valence-electron chi connectivity index (χ2n) is 6.33. The van der Waals surface area contributed by atoms with E-state index >= 15 is 0 Å². The highest BCUT2D eigenvalue weighted by Crippen LogP contribution is 2.31. The number of unbranched alkanes of at least 4 members (excludes halogenated alkanes) is 1. The summed E-state index contributed by atoms with van der Waals surface area (Å²) in [7, 11) is 0. The Morgan fingerprint density at radius 1 is 1.17 bits per heavy atom. The number of nitrogens with one attached hydrogen (secondary N) is 1. The van der Waals surface area contributed by atoms with E-state index in [0.717, 1.165) is 43.2 Å². The maximum Gasteiger partial charge on any atom is 0.173 e. The Bertz CT molecular complexity index is 516. The third-order valence-corrected chi connectivity index (χ3v) is 5.01. The summed E-state index contributed by atoms with van der Waals surface area (Å²) in [5.41, 5.74) is 2.45. The maximum atomic E-state index is 5.76. The minimum absolute atomic E-state index is 0.340. The fourth-order valence-electron chi connectivity index (χ4n) is 3.17. The molecule has 1 aromatic rings. The predicted octanol–water partition coefficient (Wildman–Crippen LogP) is 3.56. The number of rotatable bonds is 4. The van der Waals surface area contributed by atoms with Crippen LogP contribution in [0.2, 0.25) is 0 Å². The highest BCUT2D eigenvalue weighted by molar-refractivity contribution is 7.80. The van der Waals surface area contributed by atoms with Gasteiger partial charge in [0.15, 0.2) is 10.9 Å². The second-order valence-corrected chi connectivity index (χ2v) is 6.71. The number of piperidine rings is 1. The number of hydrogen-bond donors (Lipinski definition) is 1. The fraction of sp³-hybridized carbons (Fsp3) is 0.611. The molecule has 23 heavy (non-hydrogen) atoms. The van der Waals surface area contributed by atoms with Crippen molar-refractivity contribution in [3.05, 3.63) is 29.8 Å². The van der Waals surface area contributed by atoms with E-state index in [1.165, 1.54) is 18.4 Å². The van der Waals surface area contributed by atoms with Gasteiger partial charge in [-0.05, 0) is 42.8 Å². The van der Waals surface area contributed by atoms with Crippen LogP contribution in [0.3, 0.4) is 0 Å². The third kappa shape index (κ3) is 4.22. The minimum Gasteiger partial charge on any atom is -0.349 e.